The topological polar surface area (TPSA) is 68.0 Å². The van der Waals surface area contributed by atoms with Crippen LogP contribution >= 0.6 is 0 Å². The van der Waals surface area contributed by atoms with Crippen LogP contribution in [0.2, 0.25) is 0 Å². The summed E-state index contributed by atoms with van der Waals surface area (Å²) in [6, 6.07) is 9.57. The lowest BCUT2D eigenvalue weighted by molar-refractivity contribution is -0.0504. The average Bonchev–Trinajstić information content (AvgIpc) is 3.10. The van der Waals surface area contributed by atoms with Gasteiger partial charge in [-0.15, -0.1) is 0 Å². The maximum absolute atomic E-state index is 12.5. The molecule has 0 saturated heterocycles. The summed E-state index contributed by atoms with van der Waals surface area (Å²) in [7, 11) is 0. The van der Waals surface area contributed by atoms with Crippen LogP contribution in [0.1, 0.15) is 49.2 Å². The number of carbonyl (C=O) groups is 1. The van der Waals surface area contributed by atoms with Gasteiger partial charge in [0, 0.05) is 12.1 Å². The lowest BCUT2D eigenvalue weighted by Crippen LogP contribution is -2.51. The second-order valence-corrected chi connectivity index (χ2v) is 8.39. The number of amides is 1. The van der Waals surface area contributed by atoms with Crippen LogP contribution in [0.4, 0.5) is 0 Å². The van der Waals surface area contributed by atoms with E-state index in [4.69, 9.17) is 4.52 Å². The summed E-state index contributed by atoms with van der Waals surface area (Å²) < 4.78 is 5.18. The molecule has 4 saturated carbocycles. The number of rotatable bonds is 4. The lowest BCUT2D eigenvalue weighted by Gasteiger charge is -2.56. The highest BCUT2D eigenvalue weighted by Crippen LogP contribution is 2.59. The normalized spacial score (nSPS) is 32.7. The zero-order valence-corrected chi connectivity index (χ0v) is 14.3. The van der Waals surface area contributed by atoms with Crippen molar-refractivity contribution in [3.8, 4) is 11.4 Å². The van der Waals surface area contributed by atoms with Gasteiger partial charge in [-0.05, 0) is 61.7 Å². The highest BCUT2D eigenvalue weighted by atomic mass is 16.5. The van der Waals surface area contributed by atoms with E-state index in [0.29, 0.717) is 11.2 Å². The van der Waals surface area contributed by atoms with Crippen molar-refractivity contribution in [1.82, 2.24) is 15.5 Å². The summed E-state index contributed by atoms with van der Waals surface area (Å²) in [4.78, 5) is 16.7. The summed E-state index contributed by atoms with van der Waals surface area (Å²) in [6.07, 6.45) is 8.07. The Morgan fingerprint density at radius 1 is 1.08 bits per heavy atom. The molecule has 0 unspecified atom stereocenters. The maximum Gasteiger partial charge on any atom is 0.316 e. The monoisotopic (exact) mass is 337 g/mol. The molecule has 4 aliphatic rings. The highest BCUT2D eigenvalue weighted by molar-refractivity contribution is 5.89. The average molecular weight is 337 g/mol. The van der Waals surface area contributed by atoms with Crippen LogP contribution in [0.25, 0.3) is 11.4 Å². The second-order valence-electron chi connectivity index (χ2n) is 8.39. The van der Waals surface area contributed by atoms with Crippen LogP contribution < -0.4 is 5.32 Å². The van der Waals surface area contributed by atoms with E-state index in [9.17, 15) is 4.79 Å². The molecule has 4 bridgehead atoms. The molecule has 25 heavy (non-hydrogen) atoms. The molecule has 1 aromatic carbocycles. The van der Waals surface area contributed by atoms with Gasteiger partial charge in [-0.25, -0.2) is 0 Å². The highest BCUT2D eigenvalue weighted by Gasteiger charge is 2.50. The van der Waals surface area contributed by atoms with Gasteiger partial charge in [0.15, 0.2) is 0 Å². The molecular formula is C20H23N3O2. The van der Waals surface area contributed by atoms with Gasteiger partial charge in [-0.2, -0.15) is 4.98 Å². The number of hydrogen-bond acceptors (Lipinski definition) is 4. The maximum atomic E-state index is 12.5. The van der Waals surface area contributed by atoms with Crippen LogP contribution in [-0.2, 0) is 0 Å². The number of aromatic nitrogens is 2. The van der Waals surface area contributed by atoms with Gasteiger partial charge in [-0.1, -0.05) is 35.5 Å². The third-order valence-corrected chi connectivity index (χ3v) is 6.44. The minimum Gasteiger partial charge on any atom is -0.347 e. The summed E-state index contributed by atoms with van der Waals surface area (Å²) in [5, 5.41) is 7.02. The van der Waals surface area contributed by atoms with E-state index in [0.717, 1.165) is 29.9 Å². The molecule has 1 N–H and O–H groups in total. The quantitative estimate of drug-likeness (QED) is 0.924. The van der Waals surface area contributed by atoms with Crippen LogP contribution in [0.15, 0.2) is 34.9 Å². The molecular weight excluding hydrogens is 314 g/mol. The van der Waals surface area contributed by atoms with Gasteiger partial charge in [0.1, 0.15) is 0 Å². The van der Waals surface area contributed by atoms with Gasteiger partial charge >= 0.3 is 11.8 Å². The van der Waals surface area contributed by atoms with Crippen LogP contribution in [0, 0.1) is 23.2 Å². The summed E-state index contributed by atoms with van der Waals surface area (Å²) in [6.45, 7) is 0.748. The molecule has 5 heteroatoms. The molecule has 6 rings (SSSR count). The smallest absolute Gasteiger partial charge is 0.316 e. The molecule has 0 radical (unpaired) electrons. The molecule has 4 aliphatic carbocycles. The molecule has 1 amide bonds. The van der Waals surface area contributed by atoms with E-state index in [2.05, 4.69) is 15.5 Å². The Bertz CT molecular complexity index is 748. The van der Waals surface area contributed by atoms with Crippen molar-refractivity contribution in [3.05, 3.63) is 36.2 Å². The summed E-state index contributed by atoms with van der Waals surface area (Å²) in [5.41, 5.74) is 1.17. The largest absolute Gasteiger partial charge is 0.347 e. The molecule has 1 aromatic heterocycles. The fraction of sp³-hybridized carbons (Fsp3) is 0.550. The molecule has 4 fully saturated rings. The van der Waals surface area contributed by atoms with Crippen molar-refractivity contribution >= 4 is 5.91 Å². The number of nitrogens with zero attached hydrogens (tertiary/aromatic N) is 2. The Kier molecular flexibility index (Phi) is 3.43. The first-order valence-corrected chi connectivity index (χ1v) is 9.36. The Balaban J connectivity index is 1.26. The molecule has 0 aliphatic heterocycles. The fourth-order valence-corrected chi connectivity index (χ4v) is 5.87. The molecule has 5 nitrogen and oxygen atoms in total. The summed E-state index contributed by atoms with van der Waals surface area (Å²) in [5.74, 6) is 2.93. The van der Waals surface area contributed by atoms with Crippen molar-refractivity contribution in [2.45, 2.75) is 38.5 Å². The molecule has 0 spiro atoms. The molecule has 130 valence electrons. The molecule has 1 heterocycles. The Labute approximate surface area is 147 Å². The van der Waals surface area contributed by atoms with E-state index >= 15 is 0 Å². The van der Waals surface area contributed by atoms with Crippen molar-refractivity contribution < 1.29 is 9.32 Å². The Hall–Kier alpha value is -2.17. The van der Waals surface area contributed by atoms with Crippen LogP contribution in [0.5, 0.6) is 0 Å². The number of nitrogens with one attached hydrogen (secondary N) is 1. The zero-order valence-electron chi connectivity index (χ0n) is 14.3. The first kappa shape index (κ1) is 15.1. The predicted octanol–water partition coefficient (Wildman–Crippen LogP) is 3.68. The number of hydrogen-bond donors (Lipinski definition) is 1. The third-order valence-electron chi connectivity index (χ3n) is 6.44. The van der Waals surface area contributed by atoms with Crippen molar-refractivity contribution in [2.75, 3.05) is 6.54 Å². The van der Waals surface area contributed by atoms with Gasteiger partial charge in [-0.3, -0.25) is 4.79 Å². The fourth-order valence-electron chi connectivity index (χ4n) is 5.87. The minimum atomic E-state index is -0.245. The van der Waals surface area contributed by atoms with Crippen molar-refractivity contribution in [1.29, 1.82) is 0 Å². The van der Waals surface area contributed by atoms with E-state index in [1.807, 2.05) is 30.3 Å². The first-order valence-electron chi connectivity index (χ1n) is 9.36. The predicted molar refractivity (Wildman–Crippen MR) is 92.7 cm³/mol. The van der Waals surface area contributed by atoms with Crippen LogP contribution in [0.3, 0.4) is 0 Å². The third kappa shape index (κ3) is 2.75. The van der Waals surface area contributed by atoms with E-state index in [-0.39, 0.29) is 11.8 Å². The van der Waals surface area contributed by atoms with Gasteiger partial charge in [0.2, 0.25) is 5.82 Å². The SMILES string of the molecule is O=C(NCC12CC3CC(CC(C3)C1)C2)c1nc(-c2ccccc2)no1. The van der Waals surface area contributed by atoms with E-state index in [1.165, 1.54) is 38.5 Å². The van der Waals surface area contributed by atoms with E-state index in [1.54, 1.807) is 0 Å². The molecule has 2 aromatic rings. The molecule has 0 atom stereocenters. The second kappa shape index (κ2) is 5.68. The summed E-state index contributed by atoms with van der Waals surface area (Å²) >= 11 is 0. The number of carbonyl (C=O) groups excluding carboxylic acids is 1. The van der Waals surface area contributed by atoms with Crippen molar-refractivity contribution in [2.24, 2.45) is 23.2 Å². The van der Waals surface area contributed by atoms with Crippen molar-refractivity contribution in [3.63, 3.8) is 0 Å². The van der Waals surface area contributed by atoms with Crippen LogP contribution in [-0.4, -0.2) is 22.6 Å². The number of benzene rings is 1. The first-order chi connectivity index (χ1) is 12.2. The standard InChI is InChI=1S/C20H23N3O2/c24-18(19-22-17(23-25-19)16-4-2-1-3-5-16)21-12-20-9-13-6-14(10-20)8-15(7-13)11-20/h1-5,13-15H,6-12H2,(H,21,24). The lowest BCUT2D eigenvalue weighted by atomic mass is 9.49. The minimum absolute atomic E-state index is 0.0589. The Morgan fingerprint density at radius 2 is 1.72 bits per heavy atom. The van der Waals surface area contributed by atoms with Gasteiger partial charge in [0.25, 0.3) is 0 Å². The Morgan fingerprint density at radius 3 is 2.36 bits per heavy atom. The van der Waals surface area contributed by atoms with E-state index < -0.39 is 0 Å². The van der Waals surface area contributed by atoms with Gasteiger partial charge < -0.3 is 9.84 Å². The zero-order chi connectivity index (χ0) is 16.9. The van der Waals surface area contributed by atoms with Gasteiger partial charge in [0.05, 0.1) is 0 Å².